The molecule has 0 aromatic rings. The molecule has 1 aliphatic rings. The minimum absolute atomic E-state index is 0.0291. The molecule has 3 N–H and O–H groups in total. The van der Waals surface area contributed by atoms with Crippen LogP contribution in [0.3, 0.4) is 0 Å². The van der Waals surface area contributed by atoms with Gasteiger partial charge in [0.15, 0.2) is 0 Å². The van der Waals surface area contributed by atoms with E-state index in [0.29, 0.717) is 32.2 Å². The number of ether oxygens (including phenoxy) is 1. The van der Waals surface area contributed by atoms with Gasteiger partial charge in [0.25, 0.3) is 0 Å². The van der Waals surface area contributed by atoms with Crippen molar-refractivity contribution in [1.82, 2.24) is 10.6 Å². The minimum Gasteiger partial charge on any atom is -0.394 e. The van der Waals surface area contributed by atoms with Crippen LogP contribution in [0.15, 0.2) is 0 Å². The van der Waals surface area contributed by atoms with Gasteiger partial charge < -0.3 is 20.5 Å². The van der Waals surface area contributed by atoms with Crippen LogP contribution in [-0.4, -0.2) is 50.0 Å². The standard InChI is InChI=1S/C12H24N2O3/c15-8-10-17-9-7-14-12(16)5-4-11-3-1-2-6-13-11/h11,13,15H,1-10H2,(H,14,16). The van der Waals surface area contributed by atoms with Gasteiger partial charge in [-0.2, -0.15) is 0 Å². The molecule has 1 fully saturated rings. The number of hydrogen-bond acceptors (Lipinski definition) is 4. The number of amides is 1. The van der Waals surface area contributed by atoms with Crippen molar-refractivity contribution in [2.45, 2.75) is 38.1 Å². The number of piperidine rings is 1. The Morgan fingerprint density at radius 3 is 3.00 bits per heavy atom. The lowest BCUT2D eigenvalue weighted by atomic mass is 10.0. The zero-order valence-corrected chi connectivity index (χ0v) is 10.4. The summed E-state index contributed by atoms with van der Waals surface area (Å²) >= 11 is 0. The van der Waals surface area contributed by atoms with E-state index in [1.807, 2.05) is 0 Å². The molecule has 17 heavy (non-hydrogen) atoms. The lowest BCUT2D eigenvalue weighted by Crippen LogP contribution is -2.35. The molecule has 1 atom stereocenters. The Labute approximate surface area is 103 Å². The zero-order valence-electron chi connectivity index (χ0n) is 10.4. The quantitative estimate of drug-likeness (QED) is 0.527. The summed E-state index contributed by atoms with van der Waals surface area (Å²) in [6.07, 6.45) is 5.22. The monoisotopic (exact) mass is 244 g/mol. The second kappa shape index (κ2) is 9.39. The van der Waals surface area contributed by atoms with E-state index < -0.39 is 0 Å². The summed E-state index contributed by atoms with van der Waals surface area (Å²) in [5.74, 6) is 0.0879. The number of rotatable bonds is 8. The van der Waals surface area contributed by atoms with Crippen LogP contribution >= 0.6 is 0 Å². The van der Waals surface area contributed by atoms with Crippen molar-refractivity contribution < 1.29 is 14.6 Å². The lowest BCUT2D eigenvalue weighted by molar-refractivity contribution is -0.121. The molecular weight excluding hydrogens is 220 g/mol. The third-order valence-corrected chi connectivity index (χ3v) is 2.94. The summed E-state index contributed by atoms with van der Waals surface area (Å²) in [5, 5.41) is 14.7. The SMILES string of the molecule is O=C(CCC1CCCCN1)NCCOCCO. The summed E-state index contributed by atoms with van der Waals surface area (Å²) in [6, 6.07) is 0.514. The van der Waals surface area contributed by atoms with E-state index in [0.717, 1.165) is 13.0 Å². The number of carbonyl (C=O) groups excluding carboxylic acids is 1. The van der Waals surface area contributed by atoms with Crippen molar-refractivity contribution in [1.29, 1.82) is 0 Å². The molecule has 0 radical (unpaired) electrons. The lowest BCUT2D eigenvalue weighted by Gasteiger charge is -2.23. The molecular formula is C12H24N2O3. The largest absolute Gasteiger partial charge is 0.394 e. The second-order valence-corrected chi connectivity index (χ2v) is 4.37. The summed E-state index contributed by atoms with van der Waals surface area (Å²) in [6.45, 7) is 2.44. The smallest absolute Gasteiger partial charge is 0.220 e. The van der Waals surface area contributed by atoms with Gasteiger partial charge in [0, 0.05) is 19.0 Å². The first-order chi connectivity index (χ1) is 8.33. The number of nitrogens with one attached hydrogen (secondary N) is 2. The van der Waals surface area contributed by atoms with E-state index in [2.05, 4.69) is 10.6 Å². The Kier molecular flexibility index (Phi) is 7.96. The van der Waals surface area contributed by atoms with Crippen LogP contribution < -0.4 is 10.6 Å². The van der Waals surface area contributed by atoms with E-state index in [4.69, 9.17) is 9.84 Å². The molecule has 0 aromatic heterocycles. The maximum atomic E-state index is 11.5. The molecule has 0 aromatic carbocycles. The van der Waals surface area contributed by atoms with Crippen LogP contribution in [0.25, 0.3) is 0 Å². The zero-order chi connectivity index (χ0) is 12.3. The Balaban J connectivity index is 1.93. The predicted molar refractivity (Wildman–Crippen MR) is 65.8 cm³/mol. The highest BCUT2D eigenvalue weighted by Gasteiger charge is 2.13. The first-order valence-electron chi connectivity index (χ1n) is 6.51. The Bertz CT molecular complexity index is 206. The van der Waals surface area contributed by atoms with Gasteiger partial charge in [-0.3, -0.25) is 4.79 Å². The first kappa shape index (κ1) is 14.4. The van der Waals surface area contributed by atoms with E-state index in [1.165, 1.54) is 19.3 Å². The van der Waals surface area contributed by atoms with Gasteiger partial charge in [-0.05, 0) is 25.8 Å². The van der Waals surface area contributed by atoms with Gasteiger partial charge in [0.2, 0.25) is 5.91 Å². The van der Waals surface area contributed by atoms with Crippen molar-refractivity contribution in [3.05, 3.63) is 0 Å². The normalized spacial score (nSPS) is 20.2. The molecule has 0 aliphatic carbocycles. The molecule has 1 heterocycles. The molecule has 5 nitrogen and oxygen atoms in total. The molecule has 0 spiro atoms. The van der Waals surface area contributed by atoms with Crippen LogP contribution in [-0.2, 0) is 9.53 Å². The average molecular weight is 244 g/mol. The number of hydrogen-bond donors (Lipinski definition) is 3. The van der Waals surface area contributed by atoms with Crippen LogP contribution in [0.5, 0.6) is 0 Å². The Hall–Kier alpha value is -0.650. The van der Waals surface area contributed by atoms with E-state index in [9.17, 15) is 4.79 Å². The number of carbonyl (C=O) groups is 1. The van der Waals surface area contributed by atoms with Gasteiger partial charge in [0.05, 0.1) is 19.8 Å². The average Bonchev–Trinajstić information content (AvgIpc) is 2.37. The van der Waals surface area contributed by atoms with Crippen LogP contribution in [0.4, 0.5) is 0 Å². The third-order valence-electron chi connectivity index (χ3n) is 2.94. The molecule has 1 amide bonds. The molecule has 5 heteroatoms. The van der Waals surface area contributed by atoms with Crippen molar-refractivity contribution in [2.75, 3.05) is 32.9 Å². The summed E-state index contributed by atoms with van der Waals surface area (Å²) in [5.41, 5.74) is 0. The first-order valence-corrected chi connectivity index (χ1v) is 6.51. The minimum atomic E-state index is 0.0291. The summed E-state index contributed by atoms with van der Waals surface area (Å²) < 4.78 is 5.05. The molecule has 0 saturated carbocycles. The summed E-state index contributed by atoms with van der Waals surface area (Å²) in [4.78, 5) is 11.5. The number of aliphatic hydroxyl groups is 1. The highest BCUT2D eigenvalue weighted by molar-refractivity contribution is 5.75. The van der Waals surface area contributed by atoms with Crippen molar-refractivity contribution in [2.24, 2.45) is 0 Å². The maximum Gasteiger partial charge on any atom is 0.220 e. The fourth-order valence-corrected chi connectivity index (χ4v) is 1.99. The van der Waals surface area contributed by atoms with Gasteiger partial charge in [-0.1, -0.05) is 6.42 Å². The molecule has 1 unspecified atom stereocenters. The fraction of sp³-hybridized carbons (Fsp3) is 0.917. The van der Waals surface area contributed by atoms with Crippen molar-refractivity contribution in [3.63, 3.8) is 0 Å². The van der Waals surface area contributed by atoms with Crippen LogP contribution in [0, 0.1) is 0 Å². The van der Waals surface area contributed by atoms with Gasteiger partial charge >= 0.3 is 0 Å². The molecule has 1 rings (SSSR count). The van der Waals surface area contributed by atoms with E-state index in [-0.39, 0.29) is 12.5 Å². The molecule has 0 bridgehead atoms. The van der Waals surface area contributed by atoms with E-state index in [1.54, 1.807) is 0 Å². The molecule has 1 aliphatic heterocycles. The van der Waals surface area contributed by atoms with Crippen molar-refractivity contribution in [3.8, 4) is 0 Å². The second-order valence-electron chi connectivity index (χ2n) is 4.37. The topological polar surface area (TPSA) is 70.6 Å². The van der Waals surface area contributed by atoms with E-state index >= 15 is 0 Å². The van der Waals surface area contributed by atoms with Crippen LogP contribution in [0.1, 0.15) is 32.1 Å². The van der Waals surface area contributed by atoms with Gasteiger partial charge in [0.1, 0.15) is 0 Å². The fourth-order valence-electron chi connectivity index (χ4n) is 1.99. The number of aliphatic hydroxyl groups excluding tert-OH is 1. The molecule has 1 saturated heterocycles. The molecule has 100 valence electrons. The maximum absolute atomic E-state index is 11.5. The predicted octanol–water partition coefficient (Wildman–Crippen LogP) is 0.0338. The van der Waals surface area contributed by atoms with Crippen molar-refractivity contribution >= 4 is 5.91 Å². The summed E-state index contributed by atoms with van der Waals surface area (Å²) in [7, 11) is 0. The van der Waals surface area contributed by atoms with Gasteiger partial charge in [-0.15, -0.1) is 0 Å². The highest BCUT2D eigenvalue weighted by Crippen LogP contribution is 2.11. The van der Waals surface area contributed by atoms with Crippen LogP contribution in [0.2, 0.25) is 0 Å². The highest BCUT2D eigenvalue weighted by atomic mass is 16.5. The Morgan fingerprint density at radius 2 is 2.29 bits per heavy atom. The van der Waals surface area contributed by atoms with Gasteiger partial charge in [-0.25, -0.2) is 0 Å². The Morgan fingerprint density at radius 1 is 1.41 bits per heavy atom. The third kappa shape index (κ3) is 7.31.